The van der Waals surface area contributed by atoms with Gasteiger partial charge in [-0.05, 0) is 37.6 Å². The molecule has 8 heteroatoms. The van der Waals surface area contributed by atoms with E-state index in [0.717, 1.165) is 11.1 Å². The van der Waals surface area contributed by atoms with E-state index >= 15 is 0 Å². The second-order valence-electron chi connectivity index (χ2n) is 5.96. The normalized spacial score (nSPS) is 12.4. The third kappa shape index (κ3) is 3.72. The molecule has 0 atom stereocenters. The van der Waals surface area contributed by atoms with Gasteiger partial charge in [-0.3, -0.25) is 14.9 Å². The summed E-state index contributed by atoms with van der Waals surface area (Å²) in [7, 11) is 0. The van der Waals surface area contributed by atoms with E-state index in [9.17, 15) is 20.2 Å². The number of hydrogen-bond donors (Lipinski definition) is 1. The summed E-state index contributed by atoms with van der Waals surface area (Å²) in [4.78, 5) is 23.2. The highest BCUT2D eigenvalue weighted by Gasteiger charge is 2.23. The lowest BCUT2D eigenvalue weighted by molar-refractivity contribution is -0.385. The fourth-order valence-corrected chi connectivity index (χ4v) is 2.67. The Balaban J connectivity index is 1.95. The molecule has 1 heterocycles. The summed E-state index contributed by atoms with van der Waals surface area (Å²) in [5.41, 5.74) is 1.97. The van der Waals surface area contributed by atoms with Crippen molar-refractivity contribution < 1.29 is 19.2 Å². The molecule has 0 fully saturated rings. The molecular formula is C19H15N3O5. The van der Waals surface area contributed by atoms with Gasteiger partial charge in [-0.15, -0.1) is 0 Å². The number of anilines is 1. The highest BCUT2D eigenvalue weighted by atomic mass is 16.7. The van der Waals surface area contributed by atoms with E-state index in [1.165, 1.54) is 18.2 Å². The number of fused-ring (bicyclic) bond motifs is 1. The fraction of sp³-hybridized carbons (Fsp3) is 0.158. The molecule has 8 nitrogen and oxygen atoms in total. The van der Waals surface area contributed by atoms with E-state index in [0.29, 0.717) is 11.4 Å². The highest BCUT2D eigenvalue weighted by Crippen LogP contribution is 2.38. The van der Waals surface area contributed by atoms with Crippen molar-refractivity contribution in [1.29, 1.82) is 5.26 Å². The minimum atomic E-state index is -0.656. The van der Waals surface area contributed by atoms with Crippen molar-refractivity contribution in [2.75, 3.05) is 12.1 Å². The first-order valence-corrected chi connectivity index (χ1v) is 7.97. The number of carbonyl (C=O) groups excluding carboxylic acids is 1. The van der Waals surface area contributed by atoms with E-state index in [2.05, 4.69) is 5.32 Å². The molecule has 0 aliphatic carbocycles. The predicted octanol–water partition coefficient (Wildman–Crippen LogP) is 3.49. The Kier molecular flexibility index (Phi) is 4.77. The molecule has 1 N–H and O–H groups in total. The van der Waals surface area contributed by atoms with Gasteiger partial charge in [0.25, 0.3) is 11.6 Å². The number of benzene rings is 2. The Morgan fingerprint density at radius 3 is 2.59 bits per heavy atom. The minimum absolute atomic E-state index is 0.0437. The number of nitro groups is 1. The van der Waals surface area contributed by atoms with Crippen molar-refractivity contribution in [3.8, 4) is 17.6 Å². The van der Waals surface area contributed by atoms with Crippen molar-refractivity contribution in [2.24, 2.45) is 0 Å². The summed E-state index contributed by atoms with van der Waals surface area (Å²) in [5.74, 6) is -0.0903. The van der Waals surface area contributed by atoms with Gasteiger partial charge in [0.05, 0.1) is 16.6 Å². The lowest BCUT2D eigenvalue weighted by Gasteiger charge is -2.08. The molecule has 0 radical (unpaired) electrons. The summed E-state index contributed by atoms with van der Waals surface area (Å²) < 4.78 is 10.3. The Bertz CT molecular complexity index is 1020. The van der Waals surface area contributed by atoms with Crippen LogP contribution in [0.4, 0.5) is 11.4 Å². The van der Waals surface area contributed by atoms with Gasteiger partial charge in [-0.2, -0.15) is 5.26 Å². The van der Waals surface area contributed by atoms with Crippen molar-refractivity contribution in [3.05, 3.63) is 62.7 Å². The third-order valence-electron chi connectivity index (χ3n) is 4.01. The first kappa shape index (κ1) is 17.9. The minimum Gasteiger partial charge on any atom is -0.454 e. The summed E-state index contributed by atoms with van der Waals surface area (Å²) in [6.07, 6.45) is 1.17. The van der Waals surface area contributed by atoms with Crippen LogP contribution < -0.4 is 14.8 Å². The van der Waals surface area contributed by atoms with Crippen LogP contribution in [0.2, 0.25) is 0 Å². The van der Waals surface area contributed by atoms with Gasteiger partial charge in [0.1, 0.15) is 11.6 Å². The van der Waals surface area contributed by atoms with Gasteiger partial charge in [0.15, 0.2) is 11.5 Å². The number of nitrogens with zero attached hydrogens (tertiary/aromatic N) is 2. The molecular weight excluding hydrogens is 350 g/mol. The summed E-state index contributed by atoms with van der Waals surface area (Å²) in [6.45, 7) is 3.72. The average molecular weight is 365 g/mol. The molecule has 1 amide bonds. The second kappa shape index (κ2) is 7.17. The molecule has 0 spiro atoms. The van der Waals surface area contributed by atoms with Crippen LogP contribution in [0, 0.1) is 35.3 Å². The molecule has 1 aliphatic rings. The Labute approximate surface area is 154 Å². The van der Waals surface area contributed by atoms with Crippen molar-refractivity contribution in [1.82, 2.24) is 0 Å². The SMILES string of the molecule is Cc1ccc(NC(=O)C(C#N)=Cc2cc3c(cc2[N+](=O)[O-])OCO3)c(C)c1. The van der Waals surface area contributed by atoms with Crippen LogP contribution in [-0.2, 0) is 4.79 Å². The standard InChI is InChI=1S/C19H15N3O5/c1-11-3-4-15(12(2)5-11)21-19(23)14(9-20)6-13-7-17-18(27-10-26-17)8-16(13)22(24)25/h3-8H,10H2,1-2H3,(H,21,23). The molecule has 0 saturated carbocycles. The van der Waals surface area contributed by atoms with E-state index in [1.807, 2.05) is 26.0 Å². The highest BCUT2D eigenvalue weighted by molar-refractivity contribution is 6.10. The van der Waals surface area contributed by atoms with Crippen LogP contribution >= 0.6 is 0 Å². The molecule has 1 aliphatic heterocycles. The second-order valence-corrected chi connectivity index (χ2v) is 5.96. The lowest BCUT2D eigenvalue weighted by Crippen LogP contribution is -2.14. The number of hydrogen-bond acceptors (Lipinski definition) is 6. The smallest absolute Gasteiger partial charge is 0.280 e. The third-order valence-corrected chi connectivity index (χ3v) is 4.01. The van der Waals surface area contributed by atoms with Crippen LogP contribution in [0.5, 0.6) is 11.5 Å². The molecule has 0 bridgehead atoms. The summed E-state index contributed by atoms with van der Waals surface area (Å²) in [6, 6.07) is 9.85. The molecule has 136 valence electrons. The van der Waals surface area contributed by atoms with Crippen molar-refractivity contribution in [2.45, 2.75) is 13.8 Å². The number of nitro benzene ring substituents is 1. The van der Waals surface area contributed by atoms with E-state index < -0.39 is 10.8 Å². The number of nitrogens with one attached hydrogen (secondary N) is 1. The van der Waals surface area contributed by atoms with Crippen LogP contribution in [0.15, 0.2) is 35.9 Å². The monoisotopic (exact) mass is 365 g/mol. The van der Waals surface area contributed by atoms with Crippen LogP contribution in [0.25, 0.3) is 6.08 Å². The zero-order chi connectivity index (χ0) is 19.6. The van der Waals surface area contributed by atoms with Gasteiger partial charge in [-0.1, -0.05) is 17.7 Å². The summed E-state index contributed by atoms with van der Waals surface area (Å²) in [5, 5.41) is 23.3. The van der Waals surface area contributed by atoms with Crippen LogP contribution in [-0.4, -0.2) is 17.6 Å². The zero-order valence-corrected chi connectivity index (χ0v) is 14.6. The maximum absolute atomic E-state index is 12.5. The maximum Gasteiger partial charge on any atom is 0.280 e. The molecule has 0 saturated heterocycles. The van der Waals surface area contributed by atoms with Crippen LogP contribution in [0.1, 0.15) is 16.7 Å². The first-order valence-electron chi connectivity index (χ1n) is 7.97. The van der Waals surface area contributed by atoms with Crippen molar-refractivity contribution >= 4 is 23.4 Å². The number of aryl methyl sites for hydroxylation is 2. The Hall–Kier alpha value is -3.86. The van der Waals surface area contributed by atoms with Crippen LogP contribution in [0.3, 0.4) is 0 Å². The topological polar surface area (TPSA) is 114 Å². The Morgan fingerprint density at radius 2 is 1.96 bits per heavy atom. The number of carbonyl (C=O) groups is 1. The molecule has 3 rings (SSSR count). The van der Waals surface area contributed by atoms with Gasteiger partial charge in [0, 0.05) is 5.69 Å². The van der Waals surface area contributed by atoms with Gasteiger partial charge >= 0.3 is 0 Å². The number of ether oxygens (including phenoxy) is 2. The Morgan fingerprint density at radius 1 is 1.26 bits per heavy atom. The van der Waals surface area contributed by atoms with Gasteiger partial charge in [0.2, 0.25) is 6.79 Å². The van der Waals surface area contributed by atoms with Crippen molar-refractivity contribution in [3.63, 3.8) is 0 Å². The first-order chi connectivity index (χ1) is 12.9. The molecule has 0 aromatic heterocycles. The van der Waals surface area contributed by atoms with Gasteiger partial charge < -0.3 is 14.8 Å². The molecule has 2 aromatic carbocycles. The van der Waals surface area contributed by atoms with E-state index in [-0.39, 0.29) is 29.4 Å². The quantitative estimate of drug-likeness (QED) is 0.384. The van der Waals surface area contributed by atoms with Gasteiger partial charge in [-0.25, -0.2) is 0 Å². The maximum atomic E-state index is 12.5. The number of nitriles is 1. The van der Waals surface area contributed by atoms with E-state index in [4.69, 9.17) is 9.47 Å². The fourth-order valence-electron chi connectivity index (χ4n) is 2.67. The largest absolute Gasteiger partial charge is 0.454 e. The summed E-state index contributed by atoms with van der Waals surface area (Å²) >= 11 is 0. The zero-order valence-electron chi connectivity index (χ0n) is 14.6. The number of rotatable bonds is 4. The molecule has 27 heavy (non-hydrogen) atoms. The predicted molar refractivity (Wildman–Crippen MR) is 97.4 cm³/mol. The molecule has 0 unspecified atom stereocenters. The number of amides is 1. The van der Waals surface area contributed by atoms with E-state index in [1.54, 1.807) is 12.1 Å². The lowest BCUT2D eigenvalue weighted by atomic mass is 10.1. The molecule has 2 aromatic rings. The average Bonchev–Trinajstić information content (AvgIpc) is 3.08.